The molecule has 106 valence electrons. The number of piperidine rings is 1. The van der Waals surface area contributed by atoms with Gasteiger partial charge in [0.15, 0.2) is 0 Å². The van der Waals surface area contributed by atoms with Crippen molar-refractivity contribution in [2.75, 3.05) is 32.8 Å². The number of hydrogen-bond donors (Lipinski definition) is 1. The minimum Gasteiger partial charge on any atom is -0.462 e. The highest BCUT2D eigenvalue weighted by Gasteiger charge is 2.21. The lowest BCUT2D eigenvalue weighted by Crippen LogP contribution is -2.40. The van der Waals surface area contributed by atoms with E-state index in [-0.39, 0.29) is 12.1 Å². The average molecular weight is 258 g/mol. The predicted octanol–water partition coefficient (Wildman–Crippen LogP) is 0.768. The number of nitrogens with two attached hydrogens (primary N) is 1. The monoisotopic (exact) mass is 258 g/mol. The number of carbonyl (C=O) groups excluding carboxylic acids is 1. The van der Waals surface area contributed by atoms with E-state index in [0.29, 0.717) is 19.2 Å². The summed E-state index contributed by atoms with van der Waals surface area (Å²) in [7, 11) is 0. The lowest BCUT2D eigenvalue weighted by molar-refractivity contribution is -0.149. The van der Waals surface area contributed by atoms with E-state index in [1.165, 1.54) is 0 Å². The Bertz CT molecular complexity index is 238. The van der Waals surface area contributed by atoms with Crippen LogP contribution in [-0.4, -0.2) is 55.9 Å². The van der Waals surface area contributed by atoms with Gasteiger partial charge >= 0.3 is 5.97 Å². The van der Waals surface area contributed by atoms with E-state index in [9.17, 15) is 4.79 Å². The van der Waals surface area contributed by atoms with E-state index in [1.54, 1.807) is 0 Å². The molecular weight excluding hydrogens is 232 g/mol. The predicted molar refractivity (Wildman–Crippen MR) is 70.3 cm³/mol. The molecule has 1 aliphatic heterocycles. The van der Waals surface area contributed by atoms with Gasteiger partial charge in [-0.25, -0.2) is 0 Å². The quantitative estimate of drug-likeness (QED) is 0.540. The number of nitrogens with zero attached hydrogens (tertiary/aromatic N) is 1. The fourth-order valence-corrected chi connectivity index (χ4v) is 2.05. The lowest BCUT2D eigenvalue weighted by atomic mass is 10.1. The molecule has 0 aliphatic carbocycles. The largest absolute Gasteiger partial charge is 0.462 e. The van der Waals surface area contributed by atoms with Crippen LogP contribution in [0.15, 0.2) is 0 Å². The Balaban J connectivity index is 2.13. The molecule has 0 unspecified atom stereocenters. The zero-order valence-corrected chi connectivity index (χ0v) is 11.6. The smallest absolute Gasteiger partial charge is 0.320 e. The van der Waals surface area contributed by atoms with Gasteiger partial charge in [0.1, 0.15) is 0 Å². The minimum absolute atomic E-state index is 0.0327. The zero-order chi connectivity index (χ0) is 13.4. The zero-order valence-electron chi connectivity index (χ0n) is 11.6. The summed E-state index contributed by atoms with van der Waals surface area (Å²) in [6, 6.07) is 0. The van der Waals surface area contributed by atoms with Crippen molar-refractivity contribution in [1.29, 1.82) is 0 Å². The SMILES string of the molecule is CC(C)OC(=O)CN1CCC(OCCCN)CC1. The van der Waals surface area contributed by atoms with E-state index in [2.05, 4.69) is 4.90 Å². The van der Waals surface area contributed by atoms with E-state index in [0.717, 1.165) is 39.0 Å². The van der Waals surface area contributed by atoms with Crippen molar-refractivity contribution in [2.24, 2.45) is 5.73 Å². The molecule has 18 heavy (non-hydrogen) atoms. The fourth-order valence-electron chi connectivity index (χ4n) is 2.05. The third-order valence-corrected chi connectivity index (χ3v) is 2.96. The van der Waals surface area contributed by atoms with Gasteiger partial charge in [-0.3, -0.25) is 9.69 Å². The molecule has 5 nitrogen and oxygen atoms in total. The maximum Gasteiger partial charge on any atom is 0.320 e. The molecule has 1 heterocycles. The Morgan fingerprint density at radius 2 is 2.06 bits per heavy atom. The van der Waals surface area contributed by atoms with Crippen molar-refractivity contribution in [3.05, 3.63) is 0 Å². The molecule has 1 fully saturated rings. The van der Waals surface area contributed by atoms with Crippen molar-refractivity contribution >= 4 is 5.97 Å². The third-order valence-electron chi connectivity index (χ3n) is 2.96. The standard InChI is InChI=1S/C13H26N2O3/c1-11(2)18-13(16)10-15-7-4-12(5-8-15)17-9-3-6-14/h11-12H,3-10,14H2,1-2H3. The molecule has 0 aromatic carbocycles. The second-order valence-electron chi connectivity index (χ2n) is 5.03. The van der Waals surface area contributed by atoms with E-state index >= 15 is 0 Å². The normalized spacial score (nSPS) is 18.2. The molecule has 0 aromatic heterocycles. The van der Waals surface area contributed by atoms with Crippen LogP contribution in [0.25, 0.3) is 0 Å². The molecule has 0 bridgehead atoms. The Hall–Kier alpha value is -0.650. The number of ether oxygens (including phenoxy) is 2. The summed E-state index contributed by atoms with van der Waals surface area (Å²) in [4.78, 5) is 13.6. The molecule has 0 amide bonds. The summed E-state index contributed by atoms with van der Waals surface area (Å²) in [5.41, 5.74) is 5.42. The summed E-state index contributed by atoms with van der Waals surface area (Å²) in [5, 5.41) is 0. The number of rotatable bonds is 7. The van der Waals surface area contributed by atoms with Gasteiger partial charge in [0.05, 0.1) is 18.8 Å². The summed E-state index contributed by atoms with van der Waals surface area (Å²) < 4.78 is 10.9. The molecule has 0 aromatic rings. The second-order valence-corrected chi connectivity index (χ2v) is 5.03. The van der Waals surface area contributed by atoms with Gasteiger partial charge in [-0.15, -0.1) is 0 Å². The molecule has 1 aliphatic rings. The van der Waals surface area contributed by atoms with Gasteiger partial charge in [-0.1, -0.05) is 0 Å². The highest BCUT2D eigenvalue weighted by molar-refractivity contribution is 5.71. The third kappa shape index (κ3) is 6.33. The van der Waals surface area contributed by atoms with Crippen molar-refractivity contribution in [3.8, 4) is 0 Å². The van der Waals surface area contributed by atoms with Crippen molar-refractivity contribution in [1.82, 2.24) is 4.90 Å². The van der Waals surface area contributed by atoms with Crippen molar-refractivity contribution < 1.29 is 14.3 Å². The molecule has 0 atom stereocenters. The maximum absolute atomic E-state index is 11.5. The highest BCUT2D eigenvalue weighted by atomic mass is 16.5. The summed E-state index contributed by atoms with van der Waals surface area (Å²) >= 11 is 0. The molecule has 0 saturated carbocycles. The fraction of sp³-hybridized carbons (Fsp3) is 0.923. The van der Waals surface area contributed by atoms with Gasteiger partial charge in [0.25, 0.3) is 0 Å². The van der Waals surface area contributed by atoms with Gasteiger partial charge < -0.3 is 15.2 Å². The maximum atomic E-state index is 11.5. The number of esters is 1. The minimum atomic E-state index is -0.132. The van der Waals surface area contributed by atoms with Gasteiger partial charge in [0.2, 0.25) is 0 Å². The van der Waals surface area contributed by atoms with Crippen LogP contribution < -0.4 is 5.73 Å². The lowest BCUT2D eigenvalue weighted by Gasteiger charge is -2.31. The van der Waals surface area contributed by atoms with Crippen LogP contribution in [0.3, 0.4) is 0 Å². The Morgan fingerprint density at radius 1 is 1.39 bits per heavy atom. The van der Waals surface area contributed by atoms with Crippen LogP contribution in [0.1, 0.15) is 33.1 Å². The molecular formula is C13H26N2O3. The first-order valence-corrected chi connectivity index (χ1v) is 6.85. The molecule has 1 saturated heterocycles. The first-order chi connectivity index (χ1) is 8.61. The Morgan fingerprint density at radius 3 is 2.61 bits per heavy atom. The van der Waals surface area contributed by atoms with Crippen LogP contribution in [0.5, 0.6) is 0 Å². The Kier molecular flexibility index (Phi) is 7.23. The van der Waals surface area contributed by atoms with E-state index < -0.39 is 0 Å². The van der Waals surface area contributed by atoms with Crippen LogP contribution in [0, 0.1) is 0 Å². The van der Waals surface area contributed by atoms with Crippen LogP contribution >= 0.6 is 0 Å². The summed E-state index contributed by atoms with van der Waals surface area (Å²) in [6.07, 6.45) is 3.18. The van der Waals surface area contributed by atoms with Gasteiger partial charge in [-0.05, 0) is 39.7 Å². The molecule has 0 radical (unpaired) electrons. The number of hydrogen-bond acceptors (Lipinski definition) is 5. The Labute approximate surface area is 110 Å². The molecule has 2 N–H and O–H groups in total. The van der Waals surface area contributed by atoms with E-state index in [1.807, 2.05) is 13.8 Å². The van der Waals surface area contributed by atoms with Crippen LogP contribution in [0.2, 0.25) is 0 Å². The molecule has 0 spiro atoms. The van der Waals surface area contributed by atoms with Crippen LogP contribution in [0.4, 0.5) is 0 Å². The number of likely N-dealkylation sites (tertiary alicyclic amines) is 1. The first-order valence-electron chi connectivity index (χ1n) is 6.85. The van der Waals surface area contributed by atoms with Gasteiger partial charge in [0, 0.05) is 19.7 Å². The topological polar surface area (TPSA) is 64.8 Å². The van der Waals surface area contributed by atoms with E-state index in [4.69, 9.17) is 15.2 Å². The highest BCUT2D eigenvalue weighted by Crippen LogP contribution is 2.13. The molecule has 5 heteroatoms. The summed E-state index contributed by atoms with van der Waals surface area (Å²) in [5.74, 6) is -0.132. The van der Waals surface area contributed by atoms with Crippen molar-refractivity contribution in [2.45, 2.75) is 45.3 Å². The first kappa shape index (κ1) is 15.4. The molecule has 1 rings (SSSR count). The van der Waals surface area contributed by atoms with Crippen molar-refractivity contribution in [3.63, 3.8) is 0 Å². The van der Waals surface area contributed by atoms with Crippen LogP contribution in [-0.2, 0) is 14.3 Å². The van der Waals surface area contributed by atoms with Gasteiger partial charge in [-0.2, -0.15) is 0 Å². The summed E-state index contributed by atoms with van der Waals surface area (Å²) in [6.45, 7) is 7.37. The second kappa shape index (κ2) is 8.45. The average Bonchev–Trinajstić information content (AvgIpc) is 2.30. The number of carbonyl (C=O) groups is 1.